The van der Waals surface area contributed by atoms with E-state index < -0.39 is 102 Å². The van der Waals surface area contributed by atoms with Crippen LogP contribution in [0, 0.1) is 23.7 Å². The van der Waals surface area contributed by atoms with Crippen LogP contribution in [-0.4, -0.2) is 174 Å². The molecule has 4 saturated heterocycles. The summed E-state index contributed by atoms with van der Waals surface area (Å²) in [5.74, 6) is -4.31. The van der Waals surface area contributed by atoms with E-state index in [1.54, 1.807) is 48.7 Å². The number of esters is 1. The summed E-state index contributed by atoms with van der Waals surface area (Å²) in [6.45, 7) is 18.9. The van der Waals surface area contributed by atoms with E-state index in [0.29, 0.717) is 6.54 Å². The highest BCUT2D eigenvalue weighted by atomic mass is 16.7. The molecule has 4 rings (SSSR count). The van der Waals surface area contributed by atoms with E-state index in [0.717, 1.165) is 25.8 Å². The Morgan fingerprint density at radius 3 is 2.09 bits per heavy atom. The number of hydrogen-bond acceptors (Lipinski definition) is 15. The number of Topliss-reactive ketones (excluding diaryl/α,β-unsaturated/α-hetero) is 1. The number of hydrogen-bond donors (Lipinski definition) is 4. The van der Waals surface area contributed by atoms with Gasteiger partial charge in [0, 0.05) is 51.0 Å². The van der Waals surface area contributed by atoms with Crippen molar-refractivity contribution in [3.05, 3.63) is 0 Å². The Bertz CT molecular complexity index is 1350. The van der Waals surface area contributed by atoms with Crippen LogP contribution in [0.4, 0.5) is 0 Å². The second kappa shape index (κ2) is 19.8. The molecule has 0 saturated carbocycles. The Morgan fingerprint density at radius 1 is 0.879 bits per heavy atom. The van der Waals surface area contributed by atoms with E-state index in [4.69, 9.17) is 33.2 Å². The molecule has 4 N–H and O–H groups in total. The molecule has 0 aromatic rings. The topological polar surface area (TPSA) is 186 Å². The number of ketones is 1. The van der Waals surface area contributed by atoms with Crippen molar-refractivity contribution in [3.63, 3.8) is 0 Å². The number of likely N-dealkylation sites (tertiary alicyclic amines) is 1. The van der Waals surface area contributed by atoms with Gasteiger partial charge in [-0.25, -0.2) is 0 Å². The molecule has 0 spiro atoms. The number of β-amino-alcohol motifs (C(OH)–C–C–N with tert-alkyl or cyclic N) is 1. The van der Waals surface area contributed by atoms with Gasteiger partial charge < -0.3 is 58.5 Å². The molecule has 0 aromatic carbocycles. The SMILES string of the molecule is CC[C@H]1OC(=O)[C@H](C)[C@@H](O[C@H]2C[C@@](C)(OC)[C@@H](O)[C@H](C)O2)[C@H](C)[C@@H](O[C@@H]2O[C@H](C)C[C@@H](N3CCCC(O)C3)[C@@H]2N(C)C)[C@@](C)(OC)C[C@@H](C)C(=O)[C@H](C)[C@@H](O)[C@]1(C)O. The highest BCUT2D eigenvalue weighted by Gasteiger charge is 2.54. The van der Waals surface area contributed by atoms with E-state index in [1.165, 1.54) is 14.0 Å². The third-order valence-corrected chi connectivity index (χ3v) is 14.1. The summed E-state index contributed by atoms with van der Waals surface area (Å²) in [7, 11) is 7.06. The van der Waals surface area contributed by atoms with E-state index in [2.05, 4.69) is 9.80 Å². The monoisotopic (exact) mass is 831 g/mol. The van der Waals surface area contributed by atoms with Crippen LogP contribution < -0.4 is 0 Å². The summed E-state index contributed by atoms with van der Waals surface area (Å²) in [6.07, 6.45) is -5.73. The van der Waals surface area contributed by atoms with Crippen molar-refractivity contribution in [1.82, 2.24) is 9.80 Å². The number of piperidine rings is 1. The predicted molar refractivity (Wildman–Crippen MR) is 216 cm³/mol. The van der Waals surface area contributed by atoms with Gasteiger partial charge in [-0.1, -0.05) is 27.7 Å². The van der Waals surface area contributed by atoms with Crippen molar-refractivity contribution >= 4 is 11.8 Å². The Balaban J connectivity index is 1.88. The number of methoxy groups -OCH3 is 2. The maximum absolute atomic E-state index is 14.4. The van der Waals surface area contributed by atoms with Crippen LogP contribution >= 0.6 is 0 Å². The highest BCUT2D eigenvalue weighted by Crippen LogP contribution is 2.42. The van der Waals surface area contributed by atoms with Crippen molar-refractivity contribution in [2.75, 3.05) is 41.4 Å². The van der Waals surface area contributed by atoms with Gasteiger partial charge in [-0.3, -0.25) is 14.5 Å². The number of ether oxygens (including phenoxy) is 7. The quantitative estimate of drug-likeness (QED) is 0.249. The zero-order valence-corrected chi connectivity index (χ0v) is 37.8. The molecule has 58 heavy (non-hydrogen) atoms. The minimum atomic E-state index is -1.96. The first-order chi connectivity index (χ1) is 27.0. The second-order valence-corrected chi connectivity index (χ2v) is 18.9. The molecule has 15 heteroatoms. The lowest BCUT2D eigenvalue weighted by atomic mass is 9.73. The van der Waals surface area contributed by atoms with Gasteiger partial charge in [0.1, 0.15) is 23.6 Å². The lowest BCUT2D eigenvalue weighted by Gasteiger charge is -2.52. The van der Waals surface area contributed by atoms with Gasteiger partial charge in [-0.2, -0.15) is 0 Å². The Morgan fingerprint density at radius 2 is 1.52 bits per heavy atom. The molecule has 4 heterocycles. The zero-order valence-electron chi connectivity index (χ0n) is 37.8. The summed E-state index contributed by atoms with van der Waals surface area (Å²) >= 11 is 0. The fourth-order valence-corrected chi connectivity index (χ4v) is 10.3. The van der Waals surface area contributed by atoms with Gasteiger partial charge in [0.15, 0.2) is 12.6 Å². The number of likely N-dealkylation sites (N-methyl/N-ethyl adjacent to an activating group) is 1. The summed E-state index contributed by atoms with van der Waals surface area (Å²) in [4.78, 5) is 33.0. The van der Waals surface area contributed by atoms with Gasteiger partial charge in [0.05, 0.1) is 59.8 Å². The molecule has 0 amide bonds. The fourth-order valence-electron chi connectivity index (χ4n) is 10.3. The number of nitrogens with zero attached hydrogens (tertiary/aromatic N) is 2. The standard InChI is InChI=1S/C43H78N2O13/c1-15-31-43(10,51)36(48)25(4)34(47)23(2)20-42(9,53-14)38(58-40-33(44(11)12)30(19-24(3)54-40)45-18-16-17-29(46)22-45)26(5)35(27(6)39(50)56-31)57-32-21-41(8,52-13)37(49)28(7)55-32/h23-33,35-38,40,46,48-49,51H,15-22H2,1-14H3/t23-,24-,25+,26+,27-,28+,29?,30-,31-,32+,33+,35+,36-,37+,38-,40+,41-,42+,43-/m1/s1. The summed E-state index contributed by atoms with van der Waals surface area (Å²) in [5.41, 5.74) is -4.19. The molecule has 4 aliphatic heterocycles. The fraction of sp³-hybridized carbons (Fsp3) is 0.953. The number of aliphatic hydroxyl groups excluding tert-OH is 3. The van der Waals surface area contributed by atoms with Gasteiger partial charge in [-0.05, 0) is 94.3 Å². The molecule has 19 atom stereocenters. The molecular formula is C43H78N2O13. The van der Waals surface area contributed by atoms with Crippen LogP contribution in [-0.2, 0) is 42.7 Å². The minimum absolute atomic E-state index is 0.0147. The average Bonchev–Trinajstić information content (AvgIpc) is 3.17. The summed E-state index contributed by atoms with van der Waals surface area (Å²) in [5, 5.41) is 45.1. The molecule has 338 valence electrons. The molecule has 0 aliphatic carbocycles. The summed E-state index contributed by atoms with van der Waals surface area (Å²) in [6, 6.07) is -0.294. The molecular weight excluding hydrogens is 752 g/mol. The van der Waals surface area contributed by atoms with Crippen LogP contribution in [0.15, 0.2) is 0 Å². The first-order valence-electron chi connectivity index (χ1n) is 21.6. The second-order valence-electron chi connectivity index (χ2n) is 18.9. The number of rotatable bonds is 9. The Hall–Kier alpha value is -1.34. The van der Waals surface area contributed by atoms with E-state index >= 15 is 0 Å². The van der Waals surface area contributed by atoms with Crippen molar-refractivity contribution in [2.24, 2.45) is 23.7 Å². The van der Waals surface area contributed by atoms with Gasteiger partial charge in [0.2, 0.25) is 0 Å². The third-order valence-electron chi connectivity index (χ3n) is 14.1. The Labute approximate surface area is 347 Å². The summed E-state index contributed by atoms with van der Waals surface area (Å²) < 4.78 is 45.4. The van der Waals surface area contributed by atoms with Crippen LogP contribution in [0.1, 0.15) is 108 Å². The molecule has 0 aromatic heterocycles. The zero-order chi connectivity index (χ0) is 43.7. The van der Waals surface area contributed by atoms with Crippen molar-refractivity contribution in [2.45, 2.75) is 198 Å². The molecule has 0 radical (unpaired) electrons. The molecule has 0 bridgehead atoms. The molecule has 1 unspecified atom stereocenters. The lowest BCUT2D eigenvalue weighted by Crippen LogP contribution is -2.65. The van der Waals surface area contributed by atoms with E-state index in [9.17, 15) is 30.0 Å². The third kappa shape index (κ3) is 10.5. The minimum Gasteiger partial charge on any atom is -0.459 e. The van der Waals surface area contributed by atoms with Crippen LogP contribution in [0.3, 0.4) is 0 Å². The van der Waals surface area contributed by atoms with Crippen LogP contribution in [0.25, 0.3) is 0 Å². The number of cyclic esters (lactones) is 1. The van der Waals surface area contributed by atoms with Gasteiger partial charge in [0.25, 0.3) is 0 Å². The molecule has 4 aliphatic rings. The smallest absolute Gasteiger partial charge is 0.311 e. The molecule has 15 nitrogen and oxygen atoms in total. The van der Waals surface area contributed by atoms with Gasteiger partial charge in [-0.15, -0.1) is 0 Å². The largest absolute Gasteiger partial charge is 0.459 e. The van der Waals surface area contributed by atoms with Crippen molar-refractivity contribution in [1.29, 1.82) is 0 Å². The first kappa shape index (κ1) is 49.3. The maximum Gasteiger partial charge on any atom is 0.311 e. The number of aliphatic hydroxyl groups is 4. The highest BCUT2D eigenvalue weighted by molar-refractivity contribution is 5.83. The van der Waals surface area contributed by atoms with Crippen LogP contribution in [0.5, 0.6) is 0 Å². The van der Waals surface area contributed by atoms with Crippen molar-refractivity contribution < 1.29 is 63.2 Å². The predicted octanol–water partition coefficient (Wildman–Crippen LogP) is 2.90. The van der Waals surface area contributed by atoms with Crippen molar-refractivity contribution in [3.8, 4) is 0 Å². The normalized spacial score (nSPS) is 48.4. The van der Waals surface area contributed by atoms with Gasteiger partial charge >= 0.3 is 5.97 Å². The Kier molecular flexibility index (Phi) is 16.8. The molecule has 4 fully saturated rings. The average molecular weight is 831 g/mol. The van der Waals surface area contributed by atoms with E-state index in [-0.39, 0.29) is 43.2 Å². The van der Waals surface area contributed by atoms with E-state index in [1.807, 2.05) is 34.9 Å². The number of carbonyl (C=O) groups is 2. The first-order valence-corrected chi connectivity index (χ1v) is 21.6. The maximum atomic E-state index is 14.4. The number of carbonyl (C=O) groups excluding carboxylic acids is 2. The van der Waals surface area contributed by atoms with Crippen LogP contribution in [0.2, 0.25) is 0 Å². The lowest BCUT2D eigenvalue weighted by molar-refractivity contribution is -0.315.